The molecule has 0 atom stereocenters. The molecule has 0 radical (unpaired) electrons. The summed E-state index contributed by atoms with van der Waals surface area (Å²) >= 11 is 0. The van der Waals surface area contributed by atoms with Crippen molar-refractivity contribution >= 4 is 11.4 Å². The summed E-state index contributed by atoms with van der Waals surface area (Å²) in [5, 5.41) is 4.69. The third-order valence-electron chi connectivity index (χ3n) is 5.19. The third kappa shape index (κ3) is 4.79. The number of benzene rings is 2. The molecule has 152 valence electrons. The topological polar surface area (TPSA) is 43.1 Å². The van der Waals surface area contributed by atoms with E-state index in [-0.39, 0.29) is 0 Å². The Balaban J connectivity index is 1.49. The number of terminal acetylenes is 1. The van der Waals surface area contributed by atoms with Crippen molar-refractivity contribution in [2.45, 2.75) is 19.8 Å². The highest BCUT2D eigenvalue weighted by molar-refractivity contribution is 5.85. The minimum atomic E-state index is 0.826. The van der Waals surface area contributed by atoms with Crippen LogP contribution < -0.4 is 0 Å². The summed E-state index contributed by atoms with van der Waals surface area (Å²) in [6.45, 7) is 2.05. The van der Waals surface area contributed by atoms with E-state index in [1.807, 2.05) is 54.3 Å². The van der Waals surface area contributed by atoms with Crippen LogP contribution in [0.15, 0.2) is 84.2 Å². The lowest BCUT2D eigenvalue weighted by atomic mass is 10.0. The van der Waals surface area contributed by atoms with E-state index < -0.39 is 0 Å². The molecule has 31 heavy (non-hydrogen) atoms. The minimum Gasteiger partial charge on any atom is -0.275 e. The van der Waals surface area contributed by atoms with E-state index in [9.17, 15) is 0 Å². The number of rotatable bonds is 6. The molecule has 0 saturated heterocycles. The van der Waals surface area contributed by atoms with E-state index in [0.29, 0.717) is 0 Å². The Morgan fingerprint density at radius 1 is 1.00 bits per heavy atom. The third-order valence-corrected chi connectivity index (χ3v) is 5.19. The van der Waals surface area contributed by atoms with Crippen LogP contribution in [0.5, 0.6) is 0 Å². The smallest absolute Gasteiger partial charge is 0.100 e. The summed E-state index contributed by atoms with van der Waals surface area (Å²) in [5.41, 5.74) is 8.31. The molecule has 0 aliphatic carbocycles. The minimum absolute atomic E-state index is 0.826. The number of aliphatic imine (C=N–C) groups is 1. The lowest BCUT2D eigenvalue weighted by molar-refractivity contribution is 0.771. The number of nitrogens with zero attached hydrogens (tertiary/aromatic N) is 4. The van der Waals surface area contributed by atoms with Crippen LogP contribution >= 0.6 is 0 Å². The van der Waals surface area contributed by atoms with Gasteiger partial charge in [-0.2, -0.15) is 5.10 Å². The molecule has 4 rings (SSSR count). The first-order chi connectivity index (χ1) is 15.1. The van der Waals surface area contributed by atoms with Gasteiger partial charge in [0.15, 0.2) is 0 Å². The van der Waals surface area contributed by atoms with E-state index >= 15 is 0 Å². The molecule has 4 nitrogen and oxygen atoms in total. The molecule has 0 aliphatic heterocycles. The molecule has 0 spiro atoms. The highest BCUT2D eigenvalue weighted by atomic mass is 15.2. The maximum absolute atomic E-state index is 5.57. The fourth-order valence-corrected chi connectivity index (χ4v) is 3.55. The highest BCUT2D eigenvalue weighted by Crippen LogP contribution is 2.30. The number of hydrogen-bond acceptors (Lipinski definition) is 3. The molecule has 0 fully saturated rings. The molecule has 0 N–H and O–H groups in total. The first-order valence-corrected chi connectivity index (χ1v) is 10.3. The Morgan fingerprint density at radius 3 is 2.48 bits per heavy atom. The number of pyridine rings is 1. The molecule has 0 aliphatic rings. The predicted molar refractivity (Wildman–Crippen MR) is 127 cm³/mol. The molecule has 2 heterocycles. The van der Waals surface area contributed by atoms with Gasteiger partial charge in [0, 0.05) is 48.0 Å². The van der Waals surface area contributed by atoms with Crippen molar-refractivity contribution < 1.29 is 0 Å². The van der Waals surface area contributed by atoms with Gasteiger partial charge in [0.2, 0.25) is 0 Å². The maximum Gasteiger partial charge on any atom is 0.100 e. The lowest BCUT2D eigenvalue weighted by Gasteiger charge is -2.06. The number of hydrogen-bond donors (Lipinski definition) is 0. The quantitative estimate of drug-likeness (QED) is 0.299. The largest absolute Gasteiger partial charge is 0.275 e. The van der Waals surface area contributed by atoms with Crippen LogP contribution in [0.4, 0.5) is 5.69 Å². The van der Waals surface area contributed by atoms with Crippen LogP contribution in [-0.4, -0.2) is 20.5 Å². The molecule has 4 aromatic rings. The molecule has 0 amide bonds. The Bertz CT molecular complexity index is 1240. The molecule has 0 unspecified atom stereocenters. The van der Waals surface area contributed by atoms with Crippen LogP contribution in [-0.2, 0) is 13.5 Å². The second-order valence-electron chi connectivity index (χ2n) is 7.51. The number of aromatic nitrogens is 3. The van der Waals surface area contributed by atoms with Crippen molar-refractivity contribution in [3.8, 4) is 34.7 Å². The van der Waals surface area contributed by atoms with Crippen LogP contribution in [0.2, 0.25) is 0 Å². The molecule has 2 aromatic carbocycles. The summed E-state index contributed by atoms with van der Waals surface area (Å²) in [6.07, 6.45) is 13.0. The van der Waals surface area contributed by atoms with Crippen molar-refractivity contribution in [2.24, 2.45) is 12.0 Å². The van der Waals surface area contributed by atoms with Crippen molar-refractivity contribution in [1.29, 1.82) is 0 Å². The zero-order valence-corrected chi connectivity index (χ0v) is 17.8. The average Bonchev–Trinajstić information content (AvgIpc) is 3.20. The Morgan fingerprint density at radius 2 is 1.74 bits per heavy atom. The molecule has 0 bridgehead atoms. The van der Waals surface area contributed by atoms with Gasteiger partial charge in [-0.3, -0.25) is 14.7 Å². The molecule has 2 aromatic heterocycles. The number of aryl methyl sites for hydroxylation is 2. The van der Waals surface area contributed by atoms with Crippen molar-refractivity contribution in [3.63, 3.8) is 0 Å². The second-order valence-corrected chi connectivity index (χ2v) is 7.51. The Labute approximate surface area is 183 Å². The van der Waals surface area contributed by atoms with Gasteiger partial charge in [0.1, 0.15) is 5.69 Å². The summed E-state index contributed by atoms with van der Waals surface area (Å²) in [6, 6.07) is 20.4. The summed E-state index contributed by atoms with van der Waals surface area (Å²) < 4.78 is 1.85. The summed E-state index contributed by atoms with van der Waals surface area (Å²) in [7, 11) is 1.95. The van der Waals surface area contributed by atoms with E-state index in [0.717, 1.165) is 52.2 Å². The van der Waals surface area contributed by atoms with Gasteiger partial charge in [0.25, 0.3) is 0 Å². The van der Waals surface area contributed by atoms with E-state index in [4.69, 9.17) is 11.4 Å². The first-order valence-electron chi connectivity index (χ1n) is 10.3. The van der Waals surface area contributed by atoms with Gasteiger partial charge in [0.05, 0.1) is 5.69 Å². The molecular weight excluding hydrogens is 380 g/mol. The van der Waals surface area contributed by atoms with E-state index in [2.05, 4.69) is 47.2 Å². The lowest BCUT2D eigenvalue weighted by Crippen LogP contribution is -1.95. The van der Waals surface area contributed by atoms with Gasteiger partial charge in [-0.1, -0.05) is 42.3 Å². The van der Waals surface area contributed by atoms with Gasteiger partial charge < -0.3 is 0 Å². The van der Waals surface area contributed by atoms with Gasteiger partial charge in [-0.15, -0.1) is 6.42 Å². The predicted octanol–water partition coefficient (Wildman–Crippen LogP) is 5.86. The van der Waals surface area contributed by atoms with Gasteiger partial charge >= 0.3 is 0 Å². The maximum atomic E-state index is 5.57. The van der Waals surface area contributed by atoms with Crippen LogP contribution in [0.1, 0.15) is 24.5 Å². The van der Waals surface area contributed by atoms with E-state index in [1.54, 1.807) is 12.4 Å². The zero-order valence-electron chi connectivity index (χ0n) is 17.8. The second kappa shape index (κ2) is 9.23. The van der Waals surface area contributed by atoms with Crippen molar-refractivity contribution in [1.82, 2.24) is 14.8 Å². The molecular formula is C27H24N4. The van der Waals surface area contributed by atoms with Gasteiger partial charge in [-0.25, -0.2) is 0 Å². The van der Waals surface area contributed by atoms with Gasteiger partial charge in [-0.05, 0) is 55.2 Å². The fraction of sp³-hybridized carbons (Fsp3) is 0.148. The summed E-state index contributed by atoms with van der Waals surface area (Å²) in [4.78, 5) is 8.83. The Kier molecular flexibility index (Phi) is 6.05. The van der Waals surface area contributed by atoms with Crippen LogP contribution in [0.3, 0.4) is 0 Å². The standard InChI is InChI=1S/C27H24N4/c1-4-22-7-5-6-8-26(22)29-20(2)9-10-21-11-13-24(14-12-21)27-25(19-31(3)30-27)23-15-17-28-18-16-23/h1,5-8,11-19H,9-10H2,2-3H3. The highest BCUT2D eigenvalue weighted by Gasteiger charge is 2.12. The molecule has 4 heteroatoms. The average molecular weight is 405 g/mol. The van der Waals surface area contributed by atoms with Crippen molar-refractivity contribution in [3.05, 3.63) is 90.4 Å². The van der Waals surface area contributed by atoms with E-state index in [1.165, 1.54) is 5.56 Å². The van der Waals surface area contributed by atoms with Crippen LogP contribution in [0.25, 0.3) is 22.4 Å². The SMILES string of the molecule is C#Cc1ccccc1N=C(C)CCc1ccc(-c2nn(C)cc2-c2ccncc2)cc1. The fourth-order valence-electron chi connectivity index (χ4n) is 3.55. The molecule has 0 saturated carbocycles. The zero-order chi connectivity index (χ0) is 21.6. The van der Waals surface area contributed by atoms with Crippen molar-refractivity contribution in [2.75, 3.05) is 0 Å². The normalized spacial score (nSPS) is 11.3. The first kappa shape index (κ1) is 20.3. The monoisotopic (exact) mass is 404 g/mol. The number of para-hydroxylation sites is 1. The Hall–Kier alpha value is -3.97. The van der Waals surface area contributed by atoms with Crippen LogP contribution in [0, 0.1) is 12.3 Å². The summed E-state index contributed by atoms with van der Waals surface area (Å²) in [5.74, 6) is 2.70.